The summed E-state index contributed by atoms with van der Waals surface area (Å²) in [5.74, 6) is 1.50. The number of nitrogens with zero attached hydrogens (tertiary/aromatic N) is 1. The molecule has 0 spiro atoms. The van der Waals surface area contributed by atoms with Crippen LogP contribution in [0.1, 0.15) is 6.92 Å². The topological polar surface area (TPSA) is 63.4 Å². The fraction of sp³-hybridized carbons (Fsp3) is 0.538. The highest BCUT2D eigenvalue weighted by Gasteiger charge is 2.22. The van der Waals surface area contributed by atoms with Crippen LogP contribution >= 0.6 is 23.5 Å². The third-order valence-electron chi connectivity index (χ3n) is 2.96. The first kappa shape index (κ1) is 17.7. The summed E-state index contributed by atoms with van der Waals surface area (Å²) in [7, 11) is -1.53. The lowest BCUT2D eigenvalue weighted by Gasteiger charge is -2.23. The lowest BCUT2D eigenvalue weighted by Crippen LogP contribution is -2.38. The summed E-state index contributed by atoms with van der Waals surface area (Å²) in [6, 6.07) is 7.49. The average Bonchev–Trinajstić information content (AvgIpc) is 2.40. The van der Waals surface area contributed by atoms with Gasteiger partial charge in [0.25, 0.3) is 0 Å². The predicted octanol–water partition coefficient (Wildman–Crippen LogP) is 2.37. The summed E-state index contributed by atoms with van der Waals surface area (Å²) in [6.07, 6.45) is 1.98. The van der Waals surface area contributed by atoms with Crippen LogP contribution in [0.2, 0.25) is 0 Å². The normalized spacial score (nSPS) is 13.6. The summed E-state index contributed by atoms with van der Waals surface area (Å²) in [4.78, 5) is 1.04. The van der Waals surface area contributed by atoms with Gasteiger partial charge in [-0.05, 0) is 37.4 Å². The van der Waals surface area contributed by atoms with Gasteiger partial charge in [-0.1, -0.05) is 0 Å². The van der Waals surface area contributed by atoms with E-state index in [1.165, 1.54) is 16.1 Å². The van der Waals surface area contributed by atoms with E-state index in [4.69, 9.17) is 5.73 Å². The predicted molar refractivity (Wildman–Crippen MR) is 91.0 cm³/mol. The Labute approximate surface area is 130 Å². The van der Waals surface area contributed by atoms with Crippen molar-refractivity contribution in [2.75, 3.05) is 36.3 Å². The molecule has 1 atom stereocenters. The zero-order valence-corrected chi connectivity index (χ0v) is 14.5. The summed E-state index contributed by atoms with van der Waals surface area (Å²) < 4.78 is 25.8. The Morgan fingerprint density at radius 2 is 1.90 bits per heavy atom. The van der Waals surface area contributed by atoms with Crippen molar-refractivity contribution in [1.29, 1.82) is 0 Å². The van der Waals surface area contributed by atoms with Crippen molar-refractivity contribution in [2.24, 2.45) is 0 Å². The molecule has 1 aromatic rings. The zero-order valence-electron chi connectivity index (χ0n) is 12.1. The number of thioether (sulfide) groups is 2. The van der Waals surface area contributed by atoms with Gasteiger partial charge in [-0.15, -0.1) is 11.8 Å². The Morgan fingerprint density at radius 1 is 1.30 bits per heavy atom. The van der Waals surface area contributed by atoms with E-state index in [9.17, 15) is 8.42 Å². The van der Waals surface area contributed by atoms with E-state index in [2.05, 4.69) is 0 Å². The van der Waals surface area contributed by atoms with Gasteiger partial charge in [0.05, 0.1) is 5.75 Å². The van der Waals surface area contributed by atoms with Crippen LogP contribution < -0.4 is 5.73 Å². The van der Waals surface area contributed by atoms with Gasteiger partial charge in [-0.3, -0.25) is 0 Å². The molecule has 4 nitrogen and oxygen atoms in total. The lowest BCUT2D eigenvalue weighted by atomic mass is 10.3. The van der Waals surface area contributed by atoms with Gasteiger partial charge in [-0.25, -0.2) is 12.7 Å². The molecule has 114 valence electrons. The van der Waals surface area contributed by atoms with Crippen LogP contribution in [-0.2, 0) is 10.0 Å². The first-order chi connectivity index (χ1) is 9.36. The fourth-order valence-corrected chi connectivity index (χ4v) is 5.04. The molecule has 0 aromatic heterocycles. The van der Waals surface area contributed by atoms with Gasteiger partial charge in [0.2, 0.25) is 10.0 Å². The maximum absolute atomic E-state index is 12.2. The van der Waals surface area contributed by atoms with Gasteiger partial charge < -0.3 is 5.73 Å². The zero-order chi connectivity index (χ0) is 15.2. The smallest absolute Gasteiger partial charge is 0.214 e. The van der Waals surface area contributed by atoms with Gasteiger partial charge in [-0.2, -0.15) is 11.8 Å². The number of benzene rings is 1. The second kappa shape index (κ2) is 8.17. The van der Waals surface area contributed by atoms with Crippen molar-refractivity contribution in [3.8, 4) is 0 Å². The maximum Gasteiger partial charge on any atom is 0.214 e. The molecule has 0 heterocycles. The largest absolute Gasteiger partial charge is 0.399 e. The maximum atomic E-state index is 12.2. The van der Waals surface area contributed by atoms with Crippen LogP contribution in [0.15, 0.2) is 29.2 Å². The molecule has 0 aliphatic rings. The van der Waals surface area contributed by atoms with Crippen LogP contribution in [0.4, 0.5) is 5.69 Å². The highest BCUT2D eigenvalue weighted by atomic mass is 32.2. The van der Waals surface area contributed by atoms with Gasteiger partial charge in [0, 0.05) is 35.2 Å². The molecule has 0 amide bonds. The number of anilines is 1. The molecule has 1 unspecified atom stereocenters. The van der Waals surface area contributed by atoms with Crippen molar-refractivity contribution in [3.05, 3.63) is 24.3 Å². The Balaban J connectivity index is 2.49. The second-order valence-electron chi connectivity index (χ2n) is 4.55. The average molecular weight is 335 g/mol. The van der Waals surface area contributed by atoms with E-state index >= 15 is 0 Å². The molecule has 0 saturated carbocycles. The number of rotatable bonds is 8. The Hall–Kier alpha value is -0.370. The standard InChI is InChI=1S/C13H22N2O2S3/c1-11(10-18-3)15(2)20(16,17)9-8-19-13-6-4-12(14)5-7-13/h4-7,11H,8-10,14H2,1-3H3. The molecule has 0 aliphatic heterocycles. The SMILES string of the molecule is CSCC(C)N(C)S(=O)(=O)CCSc1ccc(N)cc1. The Kier molecular flexibility index (Phi) is 7.22. The van der Waals surface area contributed by atoms with Crippen molar-refractivity contribution >= 4 is 39.2 Å². The molecule has 0 fully saturated rings. The van der Waals surface area contributed by atoms with Crippen LogP contribution in [0, 0.1) is 0 Å². The molecule has 0 aliphatic carbocycles. The molecule has 0 radical (unpaired) electrons. The van der Waals surface area contributed by atoms with E-state index in [1.807, 2.05) is 37.4 Å². The molecule has 7 heteroatoms. The monoisotopic (exact) mass is 334 g/mol. The first-order valence-corrected chi connectivity index (χ1v) is 10.3. The van der Waals surface area contributed by atoms with Crippen LogP contribution in [-0.4, -0.2) is 49.3 Å². The van der Waals surface area contributed by atoms with Crippen molar-refractivity contribution < 1.29 is 8.42 Å². The second-order valence-corrected chi connectivity index (χ2v) is 8.78. The number of nitrogens with two attached hydrogens (primary N) is 1. The molecule has 0 saturated heterocycles. The lowest BCUT2D eigenvalue weighted by molar-refractivity contribution is 0.416. The van der Waals surface area contributed by atoms with Gasteiger partial charge in [0.15, 0.2) is 0 Å². The van der Waals surface area contributed by atoms with Crippen molar-refractivity contribution in [3.63, 3.8) is 0 Å². The minimum atomic E-state index is -3.19. The highest BCUT2D eigenvalue weighted by Crippen LogP contribution is 2.20. The fourth-order valence-electron chi connectivity index (χ4n) is 1.59. The molecule has 0 bridgehead atoms. The molecule has 1 aromatic carbocycles. The van der Waals surface area contributed by atoms with E-state index < -0.39 is 10.0 Å². The third kappa shape index (κ3) is 5.55. The minimum Gasteiger partial charge on any atom is -0.399 e. The van der Waals surface area contributed by atoms with E-state index in [1.54, 1.807) is 18.8 Å². The first-order valence-electron chi connectivity index (χ1n) is 6.30. The third-order valence-corrected chi connectivity index (χ3v) is 7.00. The number of sulfonamides is 1. The minimum absolute atomic E-state index is 0.0246. The summed E-state index contributed by atoms with van der Waals surface area (Å²) in [5, 5.41) is 0. The molecule has 2 N–H and O–H groups in total. The van der Waals surface area contributed by atoms with E-state index in [0.29, 0.717) is 11.4 Å². The van der Waals surface area contributed by atoms with Crippen molar-refractivity contribution in [1.82, 2.24) is 4.31 Å². The molecular formula is C13H22N2O2S3. The summed E-state index contributed by atoms with van der Waals surface area (Å²) in [6.45, 7) is 1.93. The van der Waals surface area contributed by atoms with Gasteiger partial charge in [0.1, 0.15) is 0 Å². The highest BCUT2D eigenvalue weighted by molar-refractivity contribution is 8.00. The quantitative estimate of drug-likeness (QED) is 0.584. The number of hydrogen-bond acceptors (Lipinski definition) is 5. The molecule has 20 heavy (non-hydrogen) atoms. The van der Waals surface area contributed by atoms with Crippen molar-refractivity contribution in [2.45, 2.75) is 17.9 Å². The Bertz CT molecular complexity index is 503. The van der Waals surface area contributed by atoms with Crippen LogP contribution in [0.5, 0.6) is 0 Å². The van der Waals surface area contributed by atoms with Gasteiger partial charge >= 0.3 is 0 Å². The van der Waals surface area contributed by atoms with E-state index in [0.717, 1.165) is 10.6 Å². The number of hydrogen-bond donors (Lipinski definition) is 1. The van der Waals surface area contributed by atoms with E-state index in [-0.39, 0.29) is 11.8 Å². The van der Waals surface area contributed by atoms with Crippen LogP contribution in [0.25, 0.3) is 0 Å². The molecular weight excluding hydrogens is 312 g/mol. The van der Waals surface area contributed by atoms with Crippen LogP contribution in [0.3, 0.4) is 0 Å². The summed E-state index contributed by atoms with van der Waals surface area (Å²) >= 11 is 3.18. The molecule has 1 rings (SSSR count). The summed E-state index contributed by atoms with van der Waals surface area (Å²) in [5.41, 5.74) is 6.33. The number of nitrogen functional groups attached to an aromatic ring is 1. The Morgan fingerprint density at radius 3 is 2.45 bits per heavy atom.